The quantitative estimate of drug-likeness (QED) is 0.418. The molecule has 1 aliphatic heterocycles. The minimum atomic E-state index is -5.18. The topological polar surface area (TPSA) is 145 Å². The summed E-state index contributed by atoms with van der Waals surface area (Å²) in [5.41, 5.74) is -1.83. The first-order chi connectivity index (χ1) is 13.9. The van der Waals surface area contributed by atoms with Crippen LogP contribution in [-0.2, 0) is 16.1 Å². The number of aliphatic hydroxyl groups excluding tert-OH is 3. The summed E-state index contributed by atoms with van der Waals surface area (Å²) in [5.74, 6) is -2.18. The van der Waals surface area contributed by atoms with E-state index in [4.69, 9.17) is 9.84 Å². The van der Waals surface area contributed by atoms with Gasteiger partial charge in [-0.25, -0.2) is 4.79 Å². The molecule has 4 atom stereocenters. The number of nitrogens with zero attached hydrogens (tertiary/aromatic N) is 2. The largest absolute Gasteiger partial charge is 0.471 e. The molecule has 0 radical (unpaired) electrons. The van der Waals surface area contributed by atoms with Gasteiger partial charge in [0.05, 0.1) is 18.7 Å². The average molecular weight is 437 g/mol. The van der Waals surface area contributed by atoms with Gasteiger partial charge in [0.2, 0.25) is 0 Å². The van der Waals surface area contributed by atoms with Gasteiger partial charge in [-0.1, -0.05) is 11.6 Å². The van der Waals surface area contributed by atoms with Crippen molar-refractivity contribution >= 4 is 5.91 Å². The molecule has 168 valence electrons. The second-order valence-electron chi connectivity index (χ2n) is 7.01. The molecule has 1 amide bonds. The van der Waals surface area contributed by atoms with Gasteiger partial charge in [-0.05, 0) is 13.8 Å². The zero-order valence-electron chi connectivity index (χ0n) is 16.1. The van der Waals surface area contributed by atoms with E-state index in [9.17, 15) is 37.8 Å². The van der Waals surface area contributed by atoms with Crippen molar-refractivity contribution in [3.63, 3.8) is 0 Å². The standard InChI is InChI=1S/C17H22F3N3O7/c1-8(2)3-4-22(15(28)17(18,19)20)5-9-6-23(16(29)21-13(9)27)14-12(26)11(25)10(7-24)30-14/h3,6,10-12,14,24-26H,4-5,7H2,1-2H3,(H,21,27,29)/t10-,11?,12?,14-/m1/s1. The van der Waals surface area contributed by atoms with Gasteiger partial charge in [-0.2, -0.15) is 13.2 Å². The first-order valence-corrected chi connectivity index (χ1v) is 8.83. The van der Waals surface area contributed by atoms with Crippen LogP contribution in [0.2, 0.25) is 0 Å². The van der Waals surface area contributed by atoms with Crippen LogP contribution in [-0.4, -0.2) is 73.3 Å². The second-order valence-corrected chi connectivity index (χ2v) is 7.01. The molecule has 0 spiro atoms. The van der Waals surface area contributed by atoms with Gasteiger partial charge in [0.15, 0.2) is 6.23 Å². The molecule has 2 rings (SSSR count). The van der Waals surface area contributed by atoms with E-state index in [1.165, 1.54) is 6.08 Å². The van der Waals surface area contributed by atoms with Gasteiger partial charge in [-0.3, -0.25) is 19.1 Å². The van der Waals surface area contributed by atoms with Crippen LogP contribution in [0.5, 0.6) is 0 Å². The second kappa shape index (κ2) is 9.12. The zero-order valence-corrected chi connectivity index (χ0v) is 16.1. The summed E-state index contributed by atoms with van der Waals surface area (Å²) in [4.78, 5) is 38.3. The first-order valence-electron chi connectivity index (χ1n) is 8.83. The molecule has 0 saturated carbocycles. The SMILES string of the molecule is CC(C)=CCN(Cc1cn([C@@H]2O[C@H](CO)C(O)C2O)c(=O)[nH]c1=O)C(=O)C(F)(F)F. The zero-order chi connectivity index (χ0) is 22.8. The van der Waals surface area contributed by atoms with Crippen molar-refractivity contribution in [2.45, 2.75) is 51.1 Å². The maximum atomic E-state index is 12.9. The van der Waals surface area contributed by atoms with Crippen LogP contribution in [0.4, 0.5) is 13.2 Å². The Balaban J connectivity index is 2.42. The molecule has 0 bridgehead atoms. The van der Waals surface area contributed by atoms with E-state index < -0.39 is 67.6 Å². The van der Waals surface area contributed by atoms with Crippen molar-refractivity contribution in [1.29, 1.82) is 0 Å². The van der Waals surface area contributed by atoms with Gasteiger partial charge in [0, 0.05) is 12.7 Å². The fourth-order valence-electron chi connectivity index (χ4n) is 2.84. The van der Waals surface area contributed by atoms with Crippen molar-refractivity contribution in [3.05, 3.63) is 44.2 Å². The third-order valence-electron chi connectivity index (χ3n) is 4.44. The summed E-state index contributed by atoms with van der Waals surface area (Å²) in [7, 11) is 0. The number of alkyl halides is 3. The number of aromatic amines is 1. The number of carbonyl (C=O) groups excluding carboxylic acids is 1. The monoisotopic (exact) mass is 437 g/mol. The molecule has 1 aliphatic rings. The third kappa shape index (κ3) is 5.16. The normalized spacial score (nSPS) is 24.0. The smallest absolute Gasteiger partial charge is 0.394 e. The number of allylic oxidation sites excluding steroid dienone is 1. The summed E-state index contributed by atoms with van der Waals surface area (Å²) in [6.45, 7) is 1.34. The summed E-state index contributed by atoms with van der Waals surface area (Å²) in [6.07, 6.45) is -8.89. The maximum absolute atomic E-state index is 12.9. The molecular weight excluding hydrogens is 415 g/mol. The number of carbonyl (C=O) groups is 1. The number of H-pyrrole nitrogens is 1. The minimum absolute atomic E-state index is 0.379. The Kier molecular flexibility index (Phi) is 7.23. The average Bonchev–Trinajstić information content (AvgIpc) is 2.93. The predicted molar refractivity (Wildman–Crippen MR) is 95.2 cm³/mol. The van der Waals surface area contributed by atoms with Crippen molar-refractivity contribution in [2.75, 3.05) is 13.2 Å². The highest BCUT2D eigenvalue weighted by Gasteiger charge is 2.44. The molecule has 4 N–H and O–H groups in total. The Morgan fingerprint density at radius 2 is 1.93 bits per heavy atom. The molecule has 1 fully saturated rings. The number of nitrogens with one attached hydrogen (secondary N) is 1. The van der Waals surface area contributed by atoms with Gasteiger partial charge in [0.25, 0.3) is 5.56 Å². The molecule has 10 nitrogen and oxygen atoms in total. The maximum Gasteiger partial charge on any atom is 0.471 e. The summed E-state index contributed by atoms with van der Waals surface area (Å²) in [6, 6.07) is 0. The Morgan fingerprint density at radius 1 is 1.30 bits per heavy atom. The van der Waals surface area contributed by atoms with Crippen LogP contribution >= 0.6 is 0 Å². The highest BCUT2D eigenvalue weighted by Crippen LogP contribution is 2.28. The molecule has 2 heterocycles. The van der Waals surface area contributed by atoms with E-state index in [1.54, 1.807) is 13.8 Å². The lowest BCUT2D eigenvalue weighted by molar-refractivity contribution is -0.185. The van der Waals surface area contributed by atoms with Gasteiger partial charge in [-0.15, -0.1) is 0 Å². The van der Waals surface area contributed by atoms with Crippen molar-refractivity contribution in [2.24, 2.45) is 0 Å². The van der Waals surface area contributed by atoms with Crippen LogP contribution in [0.15, 0.2) is 27.4 Å². The Hall–Kier alpha value is -2.48. The summed E-state index contributed by atoms with van der Waals surface area (Å²) < 4.78 is 44.7. The Bertz CT molecular complexity index is 920. The van der Waals surface area contributed by atoms with Crippen molar-refractivity contribution < 1.29 is 38.0 Å². The summed E-state index contributed by atoms with van der Waals surface area (Å²) in [5, 5.41) is 29.0. The van der Waals surface area contributed by atoms with Crippen LogP contribution < -0.4 is 11.2 Å². The van der Waals surface area contributed by atoms with Crippen molar-refractivity contribution in [1.82, 2.24) is 14.5 Å². The molecule has 0 aliphatic carbocycles. The number of rotatable bonds is 6. The van der Waals surface area contributed by atoms with E-state index in [1.807, 2.05) is 4.98 Å². The number of ether oxygens (including phenoxy) is 1. The van der Waals surface area contributed by atoms with Gasteiger partial charge in [0.1, 0.15) is 18.3 Å². The molecule has 1 aromatic heterocycles. The minimum Gasteiger partial charge on any atom is -0.394 e. The van der Waals surface area contributed by atoms with Gasteiger partial charge < -0.3 is 25.0 Å². The number of amides is 1. The third-order valence-corrected chi connectivity index (χ3v) is 4.44. The summed E-state index contributed by atoms with van der Waals surface area (Å²) >= 11 is 0. The lowest BCUT2D eigenvalue weighted by atomic mass is 10.1. The molecule has 30 heavy (non-hydrogen) atoms. The van der Waals surface area contributed by atoms with E-state index >= 15 is 0 Å². The number of hydrogen-bond donors (Lipinski definition) is 4. The molecule has 2 unspecified atom stereocenters. The van der Waals surface area contributed by atoms with E-state index in [0.29, 0.717) is 15.0 Å². The highest BCUT2D eigenvalue weighted by molar-refractivity contribution is 5.82. The fourth-order valence-corrected chi connectivity index (χ4v) is 2.84. The molecule has 1 saturated heterocycles. The molecule has 0 aromatic carbocycles. The Labute approximate surface area is 167 Å². The van der Waals surface area contributed by atoms with Crippen LogP contribution in [0.3, 0.4) is 0 Å². The number of aromatic nitrogens is 2. The molecule has 13 heteroatoms. The predicted octanol–water partition coefficient (Wildman–Crippen LogP) is -0.995. The number of hydrogen-bond acceptors (Lipinski definition) is 7. The first kappa shape index (κ1) is 23.8. The van der Waals surface area contributed by atoms with Crippen LogP contribution in [0.1, 0.15) is 25.6 Å². The van der Waals surface area contributed by atoms with Gasteiger partial charge >= 0.3 is 17.8 Å². The van der Waals surface area contributed by atoms with E-state index in [-0.39, 0.29) is 5.56 Å². The number of halogens is 3. The van der Waals surface area contributed by atoms with E-state index in [2.05, 4.69) is 0 Å². The lowest BCUT2D eigenvalue weighted by Crippen LogP contribution is -2.43. The Morgan fingerprint density at radius 3 is 2.43 bits per heavy atom. The van der Waals surface area contributed by atoms with Crippen LogP contribution in [0.25, 0.3) is 0 Å². The van der Waals surface area contributed by atoms with E-state index in [0.717, 1.165) is 6.20 Å². The van der Waals surface area contributed by atoms with Crippen molar-refractivity contribution in [3.8, 4) is 0 Å². The lowest BCUT2D eigenvalue weighted by Gasteiger charge is -2.23. The highest BCUT2D eigenvalue weighted by atomic mass is 19.4. The number of aliphatic hydroxyl groups is 3. The fraction of sp³-hybridized carbons (Fsp3) is 0.588. The van der Waals surface area contributed by atoms with Crippen LogP contribution in [0, 0.1) is 0 Å². The molecule has 1 aromatic rings. The molecular formula is C17H22F3N3O7.